The lowest BCUT2D eigenvalue weighted by molar-refractivity contribution is 0.0950. The van der Waals surface area contributed by atoms with Crippen LogP contribution in [-0.4, -0.2) is 22.8 Å². The van der Waals surface area contributed by atoms with Gasteiger partial charge in [-0.15, -0.1) is 0 Å². The summed E-state index contributed by atoms with van der Waals surface area (Å²) in [6.45, 7) is 0.498. The number of carbonyl (C=O) groups is 1. The molecule has 1 aliphatic rings. The van der Waals surface area contributed by atoms with Gasteiger partial charge in [0.15, 0.2) is 11.5 Å². The van der Waals surface area contributed by atoms with E-state index >= 15 is 0 Å². The van der Waals surface area contributed by atoms with Crippen molar-refractivity contribution < 1.29 is 19.4 Å². The number of amides is 1. The first kappa shape index (κ1) is 12.3. The van der Waals surface area contributed by atoms with Crippen molar-refractivity contribution in [2.45, 2.75) is 6.54 Å². The van der Waals surface area contributed by atoms with E-state index in [9.17, 15) is 9.90 Å². The van der Waals surface area contributed by atoms with Gasteiger partial charge in [-0.3, -0.25) is 9.78 Å². The van der Waals surface area contributed by atoms with Gasteiger partial charge in [-0.2, -0.15) is 0 Å². The fourth-order valence-electron chi connectivity index (χ4n) is 1.96. The van der Waals surface area contributed by atoms with Crippen molar-refractivity contribution in [3.63, 3.8) is 0 Å². The molecule has 0 unspecified atom stereocenters. The molecule has 1 aromatic heterocycles. The highest BCUT2D eigenvalue weighted by atomic mass is 16.7. The molecule has 1 aliphatic heterocycles. The lowest BCUT2D eigenvalue weighted by atomic mass is 10.2. The van der Waals surface area contributed by atoms with E-state index in [2.05, 4.69) is 10.3 Å². The fraction of sp³-hybridized carbons (Fsp3) is 0.143. The zero-order valence-electron chi connectivity index (χ0n) is 10.5. The Hall–Kier alpha value is -2.76. The van der Waals surface area contributed by atoms with Crippen molar-refractivity contribution in [2.75, 3.05) is 6.79 Å². The lowest BCUT2D eigenvalue weighted by Crippen LogP contribution is -2.23. The molecule has 0 atom stereocenters. The summed E-state index contributed by atoms with van der Waals surface area (Å²) in [6, 6.07) is 6.86. The van der Waals surface area contributed by atoms with Crippen molar-refractivity contribution in [1.82, 2.24) is 10.3 Å². The molecule has 0 radical (unpaired) electrons. The average molecular weight is 272 g/mol. The van der Waals surface area contributed by atoms with E-state index in [1.165, 1.54) is 18.5 Å². The number of carbonyl (C=O) groups excluding carboxylic acids is 1. The standard InChI is InChI=1S/C14H12N2O4/c17-11-4-10(5-15-7-11)14(18)16-6-9-2-1-3-12-13(9)20-8-19-12/h1-5,7,17H,6,8H2,(H,16,18). The number of aromatic nitrogens is 1. The molecule has 0 saturated heterocycles. The van der Waals surface area contributed by atoms with Crippen LogP contribution in [0.25, 0.3) is 0 Å². The Balaban J connectivity index is 1.71. The summed E-state index contributed by atoms with van der Waals surface area (Å²) in [6.07, 6.45) is 2.66. The summed E-state index contributed by atoms with van der Waals surface area (Å²) in [7, 11) is 0. The highest BCUT2D eigenvalue weighted by molar-refractivity contribution is 5.94. The van der Waals surface area contributed by atoms with Crippen LogP contribution in [0.3, 0.4) is 0 Å². The van der Waals surface area contributed by atoms with Gasteiger partial charge < -0.3 is 19.9 Å². The number of fused-ring (bicyclic) bond motifs is 1. The van der Waals surface area contributed by atoms with E-state index < -0.39 is 0 Å². The summed E-state index contributed by atoms with van der Waals surface area (Å²) in [5, 5.41) is 12.0. The van der Waals surface area contributed by atoms with Crippen LogP contribution in [0.4, 0.5) is 0 Å². The third-order valence-corrected chi connectivity index (χ3v) is 2.90. The van der Waals surface area contributed by atoms with E-state index in [0.29, 0.717) is 23.6 Å². The molecule has 20 heavy (non-hydrogen) atoms. The second-order valence-electron chi connectivity index (χ2n) is 4.27. The fourth-order valence-corrected chi connectivity index (χ4v) is 1.96. The summed E-state index contributed by atoms with van der Waals surface area (Å²) < 4.78 is 10.6. The average Bonchev–Trinajstić information content (AvgIpc) is 2.93. The van der Waals surface area contributed by atoms with Crippen LogP contribution in [0.5, 0.6) is 17.2 Å². The van der Waals surface area contributed by atoms with Gasteiger partial charge in [-0.05, 0) is 12.1 Å². The molecular weight excluding hydrogens is 260 g/mol. The van der Waals surface area contributed by atoms with E-state index in [4.69, 9.17) is 9.47 Å². The van der Waals surface area contributed by atoms with Crippen LogP contribution in [0, 0.1) is 0 Å². The molecule has 3 rings (SSSR count). The zero-order chi connectivity index (χ0) is 13.9. The molecule has 2 heterocycles. The molecule has 0 saturated carbocycles. The first-order chi connectivity index (χ1) is 9.74. The van der Waals surface area contributed by atoms with Crippen molar-refractivity contribution in [1.29, 1.82) is 0 Å². The predicted molar refractivity (Wildman–Crippen MR) is 69.6 cm³/mol. The number of aromatic hydroxyl groups is 1. The largest absolute Gasteiger partial charge is 0.506 e. The quantitative estimate of drug-likeness (QED) is 0.883. The molecule has 2 N–H and O–H groups in total. The van der Waals surface area contributed by atoms with Gasteiger partial charge in [0.1, 0.15) is 5.75 Å². The first-order valence-electron chi connectivity index (χ1n) is 6.04. The second kappa shape index (κ2) is 5.08. The molecule has 0 bridgehead atoms. The van der Waals surface area contributed by atoms with Gasteiger partial charge in [0.25, 0.3) is 5.91 Å². The summed E-state index contributed by atoms with van der Waals surface area (Å²) >= 11 is 0. The van der Waals surface area contributed by atoms with Gasteiger partial charge in [-0.1, -0.05) is 12.1 Å². The SMILES string of the molecule is O=C(NCc1cccc2c1OCO2)c1cncc(O)c1. The summed E-state index contributed by atoms with van der Waals surface area (Å²) in [5.74, 6) is 0.970. The van der Waals surface area contributed by atoms with Crippen LogP contribution in [-0.2, 0) is 6.54 Å². The zero-order valence-corrected chi connectivity index (χ0v) is 10.5. The minimum absolute atomic E-state index is 0.0463. The third-order valence-electron chi connectivity index (χ3n) is 2.90. The maximum Gasteiger partial charge on any atom is 0.253 e. The molecule has 0 fully saturated rings. The van der Waals surface area contributed by atoms with Crippen molar-refractivity contribution >= 4 is 5.91 Å². The van der Waals surface area contributed by atoms with Gasteiger partial charge in [0.05, 0.1) is 11.8 Å². The Bertz CT molecular complexity index is 657. The minimum atomic E-state index is -0.315. The Labute approximate surface area is 115 Å². The van der Waals surface area contributed by atoms with Crippen LogP contribution in [0.1, 0.15) is 15.9 Å². The van der Waals surface area contributed by atoms with Crippen LogP contribution in [0.15, 0.2) is 36.7 Å². The maximum atomic E-state index is 11.9. The number of para-hydroxylation sites is 1. The number of hydrogen-bond donors (Lipinski definition) is 2. The van der Waals surface area contributed by atoms with Gasteiger partial charge >= 0.3 is 0 Å². The van der Waals surface area contributed by atoms with Gasteiger partial charge in [0.2, 0.25) is 6.79 Å². The van der Waals surface area contributed by atoms with Crippen LogP contribution >= 0.6 is 0 Å². The molecular formula is C14H12N2O4. The Kier molecular flexibility index (Phi) is 3.12. The summed E-state index contributed by atoms with van der Waals surface area (Å²) in [4.78, 5) is 15.7. The number of rotatable bonds is 3. The maximum absolute atomic E-state index is 11.9. The highest BCUT2D eigenvalue weighted by Crippen LogP contribution is 2.35. The number of hydrogen-bond acceptors (Lipinski definition) is 5. The number of nitrogens with one attached hydrogen (secondary N) is 1. The Morgan fingerprint density at radius 3 is 3.10 bits per heavy atom. The van der Waals surface area contributed by atoms with Crippen LogP contribution < -0.4 is 14.8 Å². The Morgan fingerprint density at radius 1 is 1.35 bits per heavy atom. The predicted octanol–water partition coefficient (Wildman–Crippen LogP) is 1.45. The lowest BCUT2D eigenvalue weighted by Gasteiger charge is -2.08. The van der Waals surface area contributed by atoms with E-state index in [1.807, 2.05) is 18.2 Å². The second-order valence-corrected chi connectivity index (χ2v) is 4.27. The molecule has 102 valence electrons. The topological polar surface area (TPSA) is 80.7 Å². The smallest absolute Gasteiger partial charge is 0.253 e. The van der Waals surface area contributed by atoms with Crippen LogP contribution in [0.2, 0.25) is 0 Å². The van der Waals surface area contributed by atoms with E-state index in [0.717, 1.165) is 5.56 Å². The molecule has 1 aromatic carbocycles. The third kappa shape index (κ3) is 2.35. The highest BCUT2D eigenvalue weighted by Gasteiger charge is 2.17. The van der Waals surface area contributed by atoms with E-state index in [1.54, 1.807) is 0 Å². The van der Waals surface area contributed by atoms with E-state index in [-0.39, 0.29) is 18.4 Å². The van der Waals surface area contributed by atoms with Crippen molar-refractivity contribution in [2.24, 2.45) is 0 Å². The molecule has 2 aromatic rings. The minimum Gasteiger partial charge on any atom is -0.506 e. The normalized spacial score (nSPS) is 12.2. The number of benzene rings is 1. The van der Waals surface area contributed by atoms with Gasteiger partial charge in [-0.25, -0.2) is 0 Å². The molecule has 6 heteroatoms. The molecule has 0 spiro atoms. The van der Waals surface area contributed by atoms with Gasteiger partial charge in [0, 0.05) is 18.3 Å². The molecule has 6 nitrogen and oxygen atoms in total. The van der Waals surface area contributed by atoms with Crippen molar-refractivity contribution in [3.05, 3.63) is 47.8 Å². The number of nitrogens with zero attached hydrogens (tertiary/aromatic N) is 1. The van der Waals surface area contributed by atoms with Crippen molar-refractivity contribution in [3.8, 4) is 17.2 Å². The number of pyridine rings is 1. The molecule has 0 aliphatic carbocycles. The first-order valence-corrected chi connectivity index (χ1v) is 6.04. The summed E-state index contributed by atoms with van der Waals surface area (Å²) in [5.41, 5.74) is 1.14. The Morgan fingerprint density at radius 2 is 2.25 bits per heavy atom. The number of ether oxygens (including phenoxy) is 2. The monoisotopic (exact) mass is 272 g/mol. The molecule has 1 amide bonds.